The fourth-order valence-electron chi connectivity index (χ4n) is 3.57. The number of amides is 1. The molecular formula is C22H20N4O2S. The van der Waals surface area contributed by atoms with Crippen LogP contribution >= 0.6 is 11.8 Å². The molecule has 1 saturated carbocycles. The smallest absolute Gasteiger partial charge is 0.224 e. The van der Waals surface area contributed by atoms with Gasteiger partial charge in [0.25, 0.3) is 0 Å². The lowest BCUT2D eigenvalue weighted by atomic mass is 9.99. The van der Waals surface area contributed by atoms with Crippen LogP contribution in [0, 0.1) is 0 Å². The van der Waals surface area contributed by atoms with Gasteiger partial charge in [-0.25, -0.2) is 0 Å². The van der Waals surface area contributed by atoms with Gasteiger partial charge in [-0.15, -0.1) is 10.2 Å². The van der Waals surface area contributed by atoms with Crippen LogP contribution in [0.2, 0.25) is 0 Å². The van der Waals surface area contributed by atoms with Crippen LogP contribution < -0.4 is 5.32 Å². The van der Waals surface area contributed by atoms with E-state index in [2.05, 4.69) is 20.1 Å². The highest BCUT2D eigenvalue weighted by Gasteiger charge is 2.31. The normalized spacial score (nSPS) is 15.7. The van der Waals surface area contributed by atoms with E-state index in [1.54, 1.807) is 6.07 Å². The molecule has 2 heterocycles. The summed E-state index contributed by atoms with van der Waals surface area (Å²) in [5.74, 6) is 1.81. The number of hydrogen-bond acceptors (Lipinski definition) is 5. The number of anilines is 1. The van der Waals surface area contributed by atoms with Crippen molar-refractivity contribution in [2.45, 2.75) is 36.8 Å². The van der Waals surface area contributed by atoms with Crippen molar-refractivity contribution in [3.63, 3.8) is 0 Å². The largest absolute Gasteiger partial charge is 0.326 e. The number of aryl methyl sites for hydroxylation is 1. The van der Waals surface area contributed by atoms with Gasteiger partial charge in [-0.1, -0.05) is 30.0 Å². The van der Waals surface area contributed by atoms with E-state index in [0.29, 0.717) is 30.1 Å². The van der Waals surface area contributed by atoms with Crippen molar-refractivity contribution in [3.05, 3.63) is 65.5 Å². The third-order valence-corrected chi connectivity index (χ3v) is 6.20. The number of carbonyl (C=O) groups is 2. The van der Waals surface area contributed by atoms with Crippen molar-refractivity contribution < 1.29 is 9.59 Å². The first kappa shape index (κ1) is 18.1. The summed E-state index contributed by atoms with van der Waals surface area (Å²) in [5.41, 5.74) is 3.52. The first-order valence-corrected chi connectivity index (χ1v) is 10.8. The van der Waals surface area contributed by atoms with Crippen LogP contribution in [0.3, 0.4) is 0 Å². The van der Waals surface area contributed by atoms with E-state index in [-0.39, 0.29) is 11.7 Å². The Kier molecular flexibility index (Phi) is 4.67. The number of aromatic nitrogens is 3. The van der Waals surface area contributed by atoms with Crippen LogP contribution in [0.25, 0.3) is 5.69 Å². The number of benzene rings is 2. The molecule has 3 aromatic rings. The number of nitrogens with zero attached hydrogens (tertiary/aromatic N) is 3. The molecule has 0 spiro atoms. The Morgan fingerprint density at radius 2 is 1.93 bits per heavy atom. The number of Topliss-reactive ketones (excluding diaryl/α,β-unsaturated/α-hetero) is 1. The monoisotopic (exact) mass is 404 g/mol. The fourth-order valence-corrected chi connectivity index (χ4v) is 4.42. The minimum absolute atomic E-state index is 0.0267. The number of carbonyl (C=O) groups excluding carboxylic acids is 2. The Labute approximate surface area is 172 Å². The molecule has 1 N–H and O–H groups in total. The zero-order valence-corrected chi connectivity index (χ0v) is 16.6. The molecule has 146 valence electrons. The Morgan fingerprint density at radius 1 is 1.10 bits per heavy atom. The average molecular weight is 404 g/mol. The predicted molar refractivity (Wildman–Crippen MR) is 112 cm³/mol. The Hall–Kier alpha value is -2.93. The summed E-state index contributed by atoms with van der Waals surface area (Å²) in [6.45, 7) is 0. The van der Waals surface area contributed by atoms with Gasteiger partial charge < -0.3 is 5.32 Å². The van der Waals surface area contributed by atoms with Gasteiger partial charge in [-0.3, -0.25) is 14.2 Å². The van der Waals surface area contributed by atoms with Crippen LogP contribution in [0.5, 0.6) is 0 Å². The SMILES string of the molecule is O=C1CCc2cc(C(=O)CSc3nnc(C4CC4)n3-c3ccccc3)ccc2N1. The molecule has 0 atom stereocenters. The highest BCUT2D eigenvalue weighted by molar-refractivity contribution is 7.99. The van der Waals surface area contributed by atoms with Gasteiger partial charge in [0, 0.05) is 29.3 Å². The molecule has 0 radical (unpaired) electrons. The summed E-state index contributed by atoms with van der Waals surface area (Å²) < 4.78 is 2.08. The molecule has 6 nitrogen and oxygen atoms in total. The lowest BCUT2D eigenvalue weighted by molar-refractivity contribution is -0.116. The molecule has 2 aliphatic rings. The maximum Gasteiger partial charge on any atom is 0.224 e. The number of rotatable bonds is 6. The van der Waals surface area contributed by atoms with E-state index in [1.807, 2.05) is 42.5 Å². The molecule has 1 amide bonds. The van der Waals surface area contributed by atoms with Gasteiger partial charge in [0.05, 0.1) is 5.75 Å². The maximum absolute atomic E-state index is 12.8. The lowest BCUT2D eigenvalue weighted by Gasteiger charge is -2.17. The van der Waals surface area contributed by atoms with Gasteiger partial charge in [0.15, 0.2) is 10.9 Å². The summed E-state index contributed by atoms with van der Waals surface area (Å²) in [7, 11) is 0. The summed E-state index contributed by atoms with van der Waals surface area (Å²) in [6, 6.07) is 15.6. The number of ketones is 1. The molecule has 1 fully saturated rings. The molecule has 1 aliphatic heterocycles. The summed E-state index contributed by atoms with van der Waals surface area (Å²) >= 11 is 1.42. The van der Waals surface area contributed by atoms with Gasteiger partial charge in [0.1, 0.15) is 5.82 Å². The highest BCUT2D eigenvalue weighted by atomic mass is 32.2. The predicted octanol–water partition coefficient (Wildman–Crippen LogP) is 4.00. The maximum atomic E-state index is 12.8. The highest BCUT2D eigenvalue weighted by Crippen LogP contribution is 2.41. The van der Waals surface area contributed by atoms with E-state index < -0.39 is 0 Å². The second-order valence-corrected chi connectivity index (χ2v) is 8.36. The molecule has 7 heteroatoms. The van der Waals surface area contributed by atoms with Gasteiger partial charge in [-0.2, -0.15) is 0 Å². The zero-order valence-electron chi connectivity index (χ0n) is 15.8. The second-order valence-electron chi connectivity index (χ2n) is 7.42. The van der Waals surface area contributed by atoms with Crippen molar-refractivity contribution in [2.24, 2.45) is 0 Å². The molecule has 1 aromatic heterocycles. The number of hydrogen-bond donors (Lipinski definition) is 1. The van der Waals surface area contributed by atoms with E-state index in [4.69, 9.17) is 0 Å². The van der Waals surface area contributed by atoms with Gasteiger partial charge in [-0.05, 0) is 55.2 Å². The summed E-state index contributed by atoms with van der Waals surface area (Å²) in [6.07, 6.45) is 3.41. The third kappa shape index (κ3) is 3.70. The number of thioether (sulfide) groups is 1. The third-order valence-electron chi connectivity index (χ3n) is 5.27. The van der Waals surface area contributed by atoms with Crippen molar-refractivity contribution >= 4 is 29.1 Å². The fraction of sp³-hybridized carbons (Fsp3) is 0.273. The van der Waals surface area contributed by atoms with Crippen LogP contribution in [-0.4, -0.2) is 32.2 Å². The van der Waals surface area contributed by atoms with E-state index in [1.165, 1.54) is 11.8 Å². The topological polar surface area (TPSA) is 76.9 Å². The lowest BCUT2D eigenvalue weighted by Crippen LogP contribution is -2.19. The van der Waals surface area contributed by atoms with Crippen molar-refractivity contribution in [1.29, 1.82) is 0 Å². The summed E-state index contributed by atoms with van der Waals surface area (Å²) in [4.78, 5) is 24.3. The van der Waals surface area contributed by atoms with E-state index in [0.717, 1.165) is 40.8 Å². The average Bonchev–Trinajstić information content (AvgIpc) is 3.51. The van der Waals surface area contributed by atoms with E-state index in [9.17, 15) is 9.59 Å². The molecule has 5 rings (SSSR count). The molecular weight excluding hydrogens is 384 g/mol. The second kappa shape index (κ2) is 7.48. The van der Waals surface area contributed by atoms with Gasteiger partial charge >= 0.3 is 0 Å². The number of para-hydroxylation sites is 1. The minimum atomic E-state index is 0.0267. The summed E-state index contributed by atoms with van der Waals surface area (Å²) in [5, 5.41) is 12.4. The van der Waals surface area contributed by atoms with Crippen molar-refractivity contribution in [1.82, 2.24) is 14.8 Å². The standard InChI is InChI=1S/C22H20N4O2S/c27-19(16-8-10-18-15(12-16)9-11-20(28)23-18)13-29-22-25-24-21(14-6-7-14)26(22)17-4-2-1-3-5-17/h1-5,8,10,12,14H,6-7,9,11,13H2,(H,23,28). The Balaban J connectivity index is 1.35. The van der Waals surface area contributed by atoms with Crippen molar-refractivity contribution in [2.75, 3.05) is 11.1 Å². The quantitative estimate of drug-likeness (QED) is 0.496. The van der Waals surface area contributed by atoms with Gasteiger partial charge in [0.2, 0.25) is 5.91 Å². The Bertz CT molecular complexity index is 1090. The van der Waals surface area contributed by atoms with Crippen LogP contribution in [0.4, 0.5) is 5.69 Å². The molecule has 29 heavy (non-hydrogen) atoms. The Morgan fingerprint density at radius 3 is 2.72 bits per heavy atom. The molecule has 0 bridgehead atoms. The molecule has 1 aliphatic carbocycles. The zero-order chi connectivity index (χ0) is 19.8. The number of fused-ring (bicyclic) bond motifs is 1. The minimum Gasteiger partial charge on any atom is -0.326 e. The first-order chi connectivity index (χ1) is 14.2. The molecule has 2 aromatic carbocycles. The van der Waals surface area contributed by atoms with Crippen molar-refractivity contribution in [3.8, 4) is 5.69 Å². The molecule has 0 saturated heterocycles. The number of nitrogens with one attached hydrogen (secondary N) is 1. The molecule has 0 unspecified atom stereocenters. The first-order valence-electron chi connectivity index (χ1n) is 9.78. The van der Waals surface area contributed by atoms with Crippen LogP contribution in [-0.2, 0) is 11.2 Å². The van der Waals surface area contributed by atoms with E-state index >= 15 is 0 Å². The van der Waals surface area contributed by atoms with Crippen LogP contribution in [0.1, 0.15) is 46.9 Å². The van der Waals surface area contributed by atoms with Crippen LogP contribution in [0.15, 0.2) is 53.7 Å².